The molecule has 0 aromatic heterocycles. The van der Waals surface area contributed by atoms with Gasteiger partial charge in [0, 0.05) is 6.54 Å². The SMILES string of the molecule is CC(C)(C(=O)NCCC(F)(F)F)S(=O)(=O)c1cccc(OC(F)(F)F)c1. The zero-order valence-corrected chi connectivity index (χ0v) is 14.3. The molecule has 0 aliphatic carbocycles. The minimum Gasteiger partial charge on any atom is -0.406 e. The lowest BCUT2D eigenvalue weighted by Crippen LogP contribution is -2.48. The van der Waals surface area contributed by atoms with Gasteiger partial charge in [0.1, 0.15) is 10.5 Å². The monoisotopic (exact) mass is 407 g/mol. The summed E-state index contributed by atoms with van der Waals surface area (Å²) in [5.41, 5.74) is 0. The van der Waals surface area contributed by atoms with Crippen LogP contribution in [0, 0.1) is 0 Å². The van der Waals surface area contributed by atoms with Gasteiger partial charge in [-0.15, -0.1) is 13.2 Å². The van der Waals surface area contributed by atoms with Gasteiger partial charge in [0.2, 0.25) is 5.91 Å². The molecule has 0 aliphatic rings. The van der Waals surface area contributed by atoms with Crippen molar-refractivity contribution in [1.29, 1.82) is 0 Å². The molecule has 0 radical (unpaired) electrons. The average molecular weight is 407 g/mol. The van der Waals surface area contributed by atoms with E-state index < -0.39 is 56.6 Å². The topological polar surface area (TPSA) is 72.5 Å². The van der Waals surface area contributed by atoms with E-state index in [1.807, 2.05) is 5.32 Å². The smallest absolute Gasteiger partial charge is 0.406 e. The van der Waals surface area contributed by atoms with Crippen molar-refractivity contribution < 1.29 is 44.3 Å². The Morgan fingerprint density at radius 3 is 2.19 bits per heavy atom. The number of carbonyl (C=O) groups is 1. The molecule has 1 amide bonds. The Morgan fingerprint density at radius 1 is 1.12 bits per heavy atom. The first-order chi connectivity index (χ1) is 11.6. The number of benzene rings is 1. The molecule has 0 heterocycles. The van der Waals surface area contributed by atoms with Gasteiger partial charge in [0.25, 0.3) is 0 Å². The van der Waals surface area contributed by atoms with Crippen LogP contribution in [-0.4, -0.2) is 38.2 Å². The molecule has 1 aromatic carbocycles. The third-order valence-electron chi connectivity index (χ3n) is 3.26. The number of halogens is 6. The first-order valence-corrected chi connectivity index (χ1v) is 8.50. The second-order valence-corrected chi connectivity index (χ2v) is 8.16. The zero-order chi connectivity index (χ0) is 20.4. The molecule has 0 fully saturated rings. The summed E-state index contributed by atoms with van der Waals surface area (Å²) in [7, 11) is -4.52. The van der Waals surface area contributed by atoms with Crippen LogP contribution in [0.5, 0.6) is 5.75 Å². The maximum Gasteiger partial charge on any atom is 0.573 e. The number of ether oxygens (including phenoxy) is 1. The highest BCUT2D eigenvalue weighted by molar-refractivity contribution is 7.93. The standard InChI is InChI=1S/C14H15F6NO4S/c1-12(2,11(22)21-7-6-13(15,16)17)26(23,24)10-5-3-4-9(8-10)25-14(18,19)20/h3-5,8H,6-7H2,1-2H3,(H,21,22). The predicted octanol–water partition coefficient (Wildman–Crippen LogP) is 3.21. The van der Waals surface area contributed by atoms with Crippen LogP contribution < -0.4 is 10.1 Å². The average Bonchev–Trinajstić information content (AvgIpc) is 2.44. The molecule has 1 N–H and O–H groups in total. The second-order valence-electron chi connectivity index (χ2n) is 5.66. The third kappa shape index (κ3) is 5.78. The molecule has 0 saturated carbocycles. The molecule has 0 unspecified atom stereocenters. The second kappa shape index (κ2) is 7.33. The van der Waals surface area contributed by atoms with Crippen molar-refractivity contribution >= 4 is 15.7 Å². The quantitative estimate of drug-likeness (QED) is 0.736. The van der Waals surface area contributed by atoms with E-state index in [0.717, 1.165) is 32.0 Å². The van der Waals surface area contributed by atoms with Gasteiger partial charge in [0.05, 0.1) is 11.3 Å². The van der Waals surface area contributed by atoms with Crippen LogP contribution in [-0.2, 0) is 14.6 Å². The lowest BCUT2D eigenvalue weighted by atomic mass is 10.2. The van der Waals surface area contributed by atoms with Crippen molar-refractivity contribution in [3.8, 4) is 5.75 Å². The summed E-state index contributed by atoms with van der Waals surface area (Å²) in [6, 6.07) is 3.37. The van der Waals surface area contributed by atoms with Gasteiger partial charge in [-0.25, -0.2) is 8.42 Å². The Labute approximate surface area is 145 Å². The van der Waals surface area contributed by atoms with Crippen molar-refractivity contribution in [3.63, 3.8) is 0 Å². The summed E-state index contributed by atoms with van der Waals surface area (Å²) in [5.74, 6) is -2.03. The van der Waals surface area contributed by atoms with Crippen molar-refractivity contribution in [3.05, 3.63) is 24.3 Å². The number of carbonyl (C=O) groups excluding carboxylic acids is 1. The molecular weight excluding hydrogens is 392 g/mol. The molecule has 148 valence electrons. The molecule has 26 heavy (non-hydrogen) atoms. The minimum absolute atomic E-state index is 0.577. The van der Waals surface area contributed by atoms with E-state index >= 15 is 0 Å². The Hall–Kier alpha value is -1.98. The summed E-state index contributed by atoms with van der Waals surface area (Å²) in [5, 5.41) is 1.86. The Kier molecular flexibility index (Phi) is 6.22. The highest BCUT2D eigenvalue weighted by atomic mass is 32.2. The normalized spacial score (nSPS) is 13.4. The summed E-state index contributed by atoms with van der Waals surface area (Å²) in [4.78, 5) is 11.4. The number of alkyl halides is 6. The molecule has 0 aliphatic heterocycles. The lowest BCUT2D eigenvalue weighted by Gasteiger charge is -2.24. The number of rotatable bonds is 6. The van der Waals surface area contributed by atoms with Crippen molar-refractivity contribution in [1.82, 2.24) is 5.32 Å². The predicted molar refractivity (Wildman–Crippen MR) is 78.1 cm³/mol. The summed E-state index contributed by atoms with van der Waals surface area (Å²) in [6.45, 7) is 1.03. The maximum atomic E-state index is 12.6. The fraction of sp³-hybridized carbons (Fsp3) is 0.500. The molecule has 5 nitrogen and oxygen atoms in total. The van der Waals surface area contributed by atoms with Crippen LogP contribution in [0.4, 0.5) is 26.3 Å². The van der Waals surface area contributed by atoms with Gasteiger partial charge in [-0.05, 0) is 32.0 Å². The number of nitrogens with one attached hydrogen (secondary N) is 1. The number of sulfone groups is 1. The van der Waals surface area contributed by atoms with Gasteiger partial charge in [-0.3, -0.25) is 4.79 Å². The van der Waals surface area contributed by atoms with Crippen LogP contribution >= 0.6 is 0 Å². The molecule has 0 saturated heterocycles. The summed E-state index contributed by atoms with van der Waals surface area (Å²) in [6.07, 6.45) is -10.9. The number of amides is 1. The van der Waals surface area contributed by atoms with E-state index in [1.165, 1.54) is 0 Å². The van der Waals surface area contributed by atoms with Crippen molar-refractivity contribution in [2.24, 2.45) is 0 Å². The number of hydrogen-bond acceptors (Lipinski definition) is 4. The largest absolute Gasteiger partial charge is 0.573 e. The van der Waals surface area contributed by atoms with E-state index in [9.17, 15) is 39.6 Å². The summed E-state index contributed by atoms with van der Waals surface area (Å²) < 4.78 is 99.5. The van der Waals surface area contributed by atoms with Crippen LogP contribution in [0.3, 0.4) is 0 Å². The zero-order valence-electron chi connectivity index (χ0n) is 13.5. The molecule has 12 heteroatoms. The first kappa shape index (κ1) is 22.1. The molecule has 0 spiro atoms. The lowest BCUT2D eigenvalue weighted by molar-refractivity contribution is -0.274. The first-order valence-electron chi connectivity index (χ1n) is 7.02. The Bertz CT molecular complexity index is 755. The van der Waals surface area contributed by atoms with Crippen molar-refractivity contribution in [2.75, 3.05) is 6.54 Å². The van der Waals surface area contributed by atoms with E-state index in [4.69, 9.17) is 0 Å². The highest BCUT2D eigenvalue weighted by Gasteiger charge is 2.43. The maximum absolute atomic E-state index is 12.6. The molecule has 0 atom stereocenters. The van der Waals surface area contributed by atoms with Crippen LogP contribution in [0.15, 0.2) is 29.2 Å². The summed E-state index contributed by atoms with van der Waals surface area (Å²) >= 11 is 0. The minimum atomic E-state index is -5.05. The Morgan fingerprint density at radius 2 is 1.69 bits per heavy atom. The van der Waals surface area contributed by atoms with Gasteiger partial charge < -0.3 is 10.1 Å². The Balaban J connectivity index is 3.04. The molecule has 0 bridgehead atoms. The van der Waals surface area contributed by atoms with E-state index in [1.54, 1.807) is 0 Å². The van der Waals surface area contributed by atoms with Crippen LogP contribution in [0.2, 0.25) is 0 Å². The van der Waals surface area contributed by atoms with Gasteiger partial charge in [0.15, 0.2) is 9.84 Å². The fourth-order valence-corrected chi connectivity index (χ4v) is 3.22. The van der Waals surface area contributed by atoms with E-state index in [0.29, 0.717) is 6.07 Å². The van der Waals surface area contributed by atoms with Gasteiger partial charge >= 0.3 is 12.5 Å². The van der Waals surface area contributed by atoms with Gasteiger partial charge in [-0.2, -0.15) is 13.2 Å². The van der Waals surface area contributed by atoms with Crippen molar-refractivity contribution in [2.45, 2.75) is 42.4 Å². The molecular formula is C14H15F6NO4S. The van der Waals surface area contributed by atoms with E-state index in [-0.39, 0.29) is 0 Å². The fourth-order valence-electron chi connectivity index (χ4n) is 1.79. The van der Waals surface area contributed by atoms with Crippen LogP contribution in [0.25, 0.3) is 0 Å². The molecule has 1 rings (SSSR count). The van der Waals surface area contributed by atoms with Gasteiger partial charge in [-0.1, -0.05) is 6.07 Å². The highest BCUT2D eigenvalue weighted by Crippen LogP contribution is 2.30. The van der Waals surface area contributed by atoms with E-state index in [2.05, 4.69) is 4.74 Å². The third-order valence-corrected chi connectivity index (χ3v) is 5.67. The number of hydrogen-bond donors (Lipinski definition) is 1. The van der Waals surface area contributed by atoms with Crippen LogP contribution in [0.1, 0.15) is 20.3 Å². The molecule has 1 aromatic rings.